The normalized spacial score (nSPS) is 12.8. The number of carbonyl (C=O) groups excluding carboxylic acids is 2. The number of aryl methyl sites for hydroxylation is 2. The van der Waals surface area contributed by atoms with E-state index in [-0.39, 0.29) is 24.2 Å². The highest BCUT2D eigenvalue weighted by molar-refractivity contribution is 7.99. The molecule has 186 valence electrons. The molecule has 10 heteroatoms. The van der Waals surface area contributed by atoms with Crippen LogP contribution in [-0.4, -0.2) is 39.0 Å². The molecule has 35 heavy (non-hydrogen) atoms. The number of carbonyl (C=O) groups is 2. The van der Waals surface area contributed by atoms with E-state index >= 15 is 0 Å². The van der Waals surface area contributed by atoms with Crippen molar-refractivity contribution < 1.29 is 19.1 Å². The van der Waals surface area contributed by atoms with E-state index in [0.717, 1.165) is 43.4 Å². The first kappa shape index (κ1) is 25.2. The Bertz CT molecular complexity index is 1190. The van der Waals surface area contributed by atoms with Gasteiger partial charge in [-0.3, -0.25) is 4.79 Å². The van der Waals surface area contributed by atoms with Gasteiger partial charge in [-0.15, -0.1) is 21.5 Å². The molecule has 1 N–H and O–H groups in total. The van der Waals surface area contributed by atoms with Crippen LogP contribution in [-0.2, 0) is 42.4 Å². The Labute approximate surface area is 213 Å². The summed E-state index contributed by atoms with van der Waals surface area (Å²) in [5.74, 6) is 1.03. The monoisotopic (exact) mass is 514 g/mol. The van der Waals surface area contributed by atoms with Crippen LogP contribution in [0.2, 0.25) is 0 Å². The molecule has 0 radical (unpaired) electrons. The molecule has 1 aromatic carbocycles. The Morgan fingerprint density at radius 2 is 1.91 bits per heavy atom. The van der Waals surface area contributed by atoms with Gasteiger partial charge in [-0.25, -0.2) is 4.79 Å². The lowest BCUT2D eigenvalue weighted by molar-refractivity contribution is -0.113. The van der Waals surface area contributed by atoms with Crippen molar-refractivity contribution >= 4 is 40.0 Å². The van der Waals surface area contributed by atoms with E-state index in [1.54, 1.807) is 6.92 Å². The highest BCUT2D eigenvalue weighted by Crippen LogP contribution is 2.38. The van der Waals surface area contributed by atoms with Crippen molar-refractivity contribution in [2.75, 3.05) is 17.7 Å². The van der Waals surface area contributed by atoms with E-state index in [1.165, 1.54) is 33.5 Å². The largest absolute Gasteiger partial charge is 0.486 e. The second-order valence-electron chi connectivity index (χ2n) is 8.22. The Hall–Kier alpha value is -2.85. The molecule has 0 fully saturated rings. The van der Waals surface area contributed by atoms with Gasteiger partial charge in [0.15, 0.2) is 11.0 Å². The van der Waals surface area contributed by atoms with Gasteiger partial charge in [-0.1, -0.05) is 30.8 Å². The topological polar surface area (TPSA) is 95.3 Å². The molecule has 1 aliphatic carbocycles. The van der Waals surface area contributed by atoms with Crippen LogP contribution in [0.4, 0.5) is 5.00 Å². The third kappa shape index (κ3) is 6.05. The zero-order valence-electron chi connectivity index (χ0n) is 20.3. The number of nitrogens with zero attached hydrogens (tertiary/aromatic N) is 3. The zero-order valence-corrected chi connectivity index (χ0v) is 21.9. The minimum Gasteiger partial charge on any atom is -0.486 e. The third-order valence-corrected chi connectivity index (χ3v) is 8.09. The fraction of sp³-hybridized carbons (Fsp3) is 0.440. The number of hydrogen-bond donors (Lipinski definition) is 1. The second kappa shape index (κ2) is 11.7. The first-order chi connectivity index (χ1) is 17.0. The molecular formula is C25H30N4O4S2. The molecule has 1 aliphatic rings. The van der Waals surface area contributed by atoms with E-state index in [4.69, 9.17) is 9.47 Å². The molecule has 3 aromatic rings. The smallest absolute Gasteiger partial charge is 0.341 e. The Balaban J connectivity index is 1.36. The quantitative estimate of drug-likeness (QED) is 0.307. The molecule has 0 bridgehead atoms. The summed E-state index contributed by atoms with van der Waals surface area (Å²) in [6, 6.07) is 7.98. The number of benzene rings is 1. The molecule has 1 amide bonds. The summed E-state index contributed by atoms with van der Waals surface area (Å²) in [5, 5.41) is 12.5. The van der Waals surface area contributed by atoms with Gasteiger partial charge in [0.05, 0.1) is 17.9 Å². The van der Waals surface area contributed by atoms with Gasteiger partial charge >= 0.3 is 5.97 Å². The summed E-state index contributed by atoms with van der Waals surface area (Å²) in [5.41, 5.74) is 2.81. The average Bonchev–Trinajstić information content (AvgIpc) is 3.41. The number of amides is 1. The van der Waals surface area contributed by atoms with Crippen molar-refractivity contribution in [1.29, 1.82) is 0 Å². The van der Waals surface area contributed by atoms with E-state index in [9.17, 15) is 9.59 Å². The summed E-state index contributed by atoms with van der Waals surface area (Å²) in [4.78, 5) is 26.5. The lowest BCUT2D eigenvalue weighted by Gasteiger charge is -2.12. The van der Waals surface area contributed by atoms with Gasteiger partial charge in [0.1, 0.15) is 17.4 Å². The molecule has 0 saturated carbocycles. The zero-order chi connectivity index (χ0) is 24.8. The van der Waals surface area contributed by atoms with Gasteiger partial charge in [0.25, 0.3) is 0 Å². The van der Waals surface area contributed by atoms with Gasteiger partial charge in [-0.2, -0.15) is 0 Å². The number of thiophene rings is 1. The average molecular weight is 515 g/mol. The lowest BCUT2D eigenvalue weighted by atomic mass is 9.95. The van der Waals surface area contributed by atoms with Crippen molar-refractivity contribution in [2.45, 2.75) is 57.7 Å². The minimum absolute atomic E-state index is 0.149. The molecule has 0 atom stereocenters. The van der Waals surface area contributed by atoms with Crippen LogP contribution in [0.5, 0.6) is 5.75 Å². The van der Waals surface area contributed by atoms with Gasteiger partial charge in [-0.05, 0) is 62.3 Å². The number of hydrogen-bond acceptors (Lipinski definition) is 8. The minimum atomic E-state index is -0.364. The first-order valence-corrected chi connectivity index (χ1v) is 13.6. The number of anilines is 1. The molecule has 4 rings (SSSR count). The van der Waals surface area contributed by atoms with E-state index in [1.807, 2.05) is 35.9 Å². The fourth-order valence-electron chi connectivity index (χ4n) is 3.93. The van der Waals surface area contributed by atoms with Crippen molar-refractivity contribution in [2.24, 2.45) is 7.05 Å². The maximum Gasteiger partial charge on any atom is 0.341 e. The number of rotatable bonds is 10. The van der Waals surface area contributed by atoms with Crippen LogP contribution >= 0.6 is 23.1 Å². The van der Waals surface area contributed by atoms with Crippen LogP contribution in [0.1, 0.15) is 58.9 Å². The summed E-state index contributed by atoms with van der Waals surface area (Å²) < 4.78 is 12.9. The molecule has 2 aromatic heterocycles. The third-order valence-electron chi connectivity index (χ3n) is 5.86. The predicted octanol–water partition coefficient (Wildman–Crippen LogP) is 4.80. The highest BCUT2D eigenvalue weighted by Gasteiger charge is 2.27. The van der Waals surface area contributed by atoms with Gasteiger partial charge < -0.3 is 19.4 Å². The van der Waals surface area contributed by atoms with Gasteiger partial charge in [0, 0.05) is 11.9 Å². The number of thioether (sulfide) groups is 1. The summed E-state index contributed by atoms with van der Waals surface area (Å²) in [6.45, 7) is 4.48. The van der Waals surface area contributed by atoms with E-state index in [2.05, 4.69) is 22.4 Å². The number of aromatic nitrogens is 3. The van der Waals surface area contributed by atoms with Crippen molar-refractivity contribution in [3.8, 4) is 5.75 Å². The maximum absolute atomic E-state index is 12.8. The fourth-order valence-corrected chi connectivity index (χ4v) is 5.96. The van der Waals surface area contributed by atoms with Gasteiger partial charge in [0.2, 0.25) is 5.91 Å². The molecule has 8 nitrogen and oxygen atoms in total. The second-order valence-corrected chi connectivity index (χ2v) is 10.3. The first-order valence-electron chi connectivity index (χ1n) is 11.8. The SMILES string of the molecule is CCOC(=O)c1c(NC(=O)CSc2nnc(COc3ccc(CC)cc3)n2C)sc2c1CCCC2. The van der Waals surface area contributed by atoms with Crippen molar-refractivity contribution in [3.05, 3.63) is 51.7 Å². The maximum atomic E-state index is 12.8. The van der Waals surface area contributed by atoms with E-state index < -0.39 is 0 Å². The Kier molecular flexibility index (Phi) is 8.46. The summed E-state index contributed by atoms with van der Waals surface area (Å²) >= 11 is 2.78. The lowest BCUT2D eigenvalue weighted by Crippen LogP contribution is -2.17. The Morgan fingerprint density at radius 1 is 1.14 bits per heavy atom. The van der Waals surface area contributed by atoms with E-state index in [0.29, 0.717) is 28.2 Å². The van der Waals surface area contributed by atoms with Crippen LogP contribution in [0, 0.1) is 0 Å². The Morgan fingerprint density at radius 3 is 2.66 bits per heavy atom. The van der Waals surface area contributed by atoms with Crippen LogP contribution < -0.4 is 10.1 Å². The predicted molar refractivity (Wildman–Crippen MR) is 137 cm³/mol. The number of esters is 1. The molecule has 0 spiro atoms. The number of ether oxygens (including phenoxy) is 2. The molecule has 0 aliphatic heterocycles. The van der Waals surface area contributed by atoms with Crippen molar-refractivity contribution in [3.63, 3.8) is 0 Å². The standard InChI is InChI=1S/C25H30N4O4S2/c1-4-16-10-12-17(13-11-16)33-14-20-27-28-25(29(20)3)34-15-21(30)26-23-22(24(31)32-5-2)18-8-6-7-9-19(18)35-23/h10-13H,4-9,14-15H2,1-3H3,(H,26,30). The highest BCUT2D eigenvalue weighted by atomic mass is 32.2. The van der Waals surface area contributed by atoms with Crippen molar-refractivity contribution in [1.82, 2.24) is 14.8 Å². The molecule has 0 saturated heterocycles. The molecule has 2 heterocycles. The summed E-state index contributed by atoms with van der Waals surface area (Å²) in [7, 11) is 1.85. The molecular weight excluding hydrogens is 484 g/mol. The number of nitrogens with one attached hydrogen (secondary N) is 1. The van der Waals surface area contributed by atoms with Crippen LogP contribution in [0.25, 0.3) is 0 Å². The van der Waals surface area contributed by atoms with Crippen LogP contribution in [0.15, 0.2) is 29.4 Å². The molecule has 0 unspecified atom stereocenters. The summed E-state index contributed by atoms with van der Waals surface area (Å²) in [6.07, 6.45) is 4.90. The number of fused-ring (bicyclic) bond motifs is 1. The van der Waals surface area contributed by atoms with Crippen LogP contribution in [0.3, 0.4) is 0 Å².